The van der Waals surface area contributed by atoms with Gasteiger partial charge in [0.15, 0.2) is 6.10 Å². The van der Waals surface area contributed by atoms with Crippen LogP contribution >= 0.6 is 0 Å². The Morgan fingerprint density at radius 1 is 0.333 bits per heavy atom. The molecule has 0 radical (unpaired) electrons. The molecule has 0 spiro atoms. The van der Waals surface area contributed by atoms with E-state index in [1.54, 1.807) is 0 Å². The molecule has 0 amide bonds. The van der Waals surface area contributed by atoms with Crippen molar-refractivity contribution in [3.63, 3.8) is 0 Å². The van der Waals surface area contributed by atoms with Crippen molar-refractivity contribution in [2.45, 2.75) is 373 Å². The molecule has 0 aromatic heterocycles. The van der Waals surface area contributed by atoms with Crippen molar-refractivity contribution in [2.75, 3.05) is 47.5 Å². The Hall–Kier alpha value is -3.79. The van der Waals surface area contributed by atoms with Crippen LogP contribution in [-0.4, -0.2) is 87.4 Å². The molecule has 0 fully saturated rings. The summed E-state index contributed by atoms with van der Waals surface area (Å²) in [5.41, 5.74) is 0. The highest BCUT2D eigenvalue weighted by molar-refractivity contribution is 5.71. The smallest absolute Gasteiger partial charge is 0.361 e. The van der Waals surface area contributed by atoms with Crippen LogP contribution in [0.15, 0.2) is 97.2 Å². The first-order chi connectivity index (χ1) is 45.6. The summed E-state index contributed by atoms with van der Waals surface area (Å²) in [4.78, 5) is 37.7. The summed E-state index contributed by atoms with van der Waals surface area (Å²) in [6, 6.07) is 0. The molecule has 9 nitrogen and oxygen atoms in total. The topological polar surface area (TPSA) is 108 Å². The molecule has 0 aliphatic heterocycles. The van der Waals surface area contributed by atoms with Gasteiger partial charge < -0.3 is 28.5 Å². The number of unbranched alkanes of at least 4 members (excludes halogenated alkanes) is 42. The first kappa shape index (κ1) is 89.2. The molecule has 9 heteroatoms. The maximum Gasteiger partial charge on any atom is 0.361 e. The summed E-state index contributed by atoms with van der Waals surface area (Å²) in [5, 5.41) is 9.76. The lowest BCUT2D eigenvalue weighted by Gasteiger charge is -2.25. The summed E-state index contributed by atoms with van der Waals surface area (Å²) in [6.07, 6.45) is 100. The lowest BCUT2D eigenvalue weighted by molar-refractivity contribution is -0.870. The predicted octanol–water partition coefficient (Wildman–Crippen LogP) is 25.1. The van der Waals surface area contributed by atoms with Gasteiger partial charge in [-0.25, -0.2) is 4.79 Å². The molecular weight excluding hydrogens is 1150 g/mol. The van der Waals surface area contributed by atoms with Crippen molar-refractivity contribution in [1.82, 2.24) is 0 Å². The summed E-state index contributed by atoms with van der Waals surface area (Å²) in [5.74, 6) is -2.06. The number of carboxylic acids is 1. The average molecular weight is 1300 g/mol. The number of carboxylic acid groups (broad SMARTS) is 1. The SMILES string of the molecule is CC/C=C\C/C=C\C/C=C\C/C=C\C/C=C\C/C=C\C/C=C\C/C=C\CCCCC(=O)OC(COC(=O)CCCCCCCCCCCCCCCCCCCCCCCCCCCCCCCCCCCCCCCCCCC)COC(OCC[N+](C)(C)C)C(=O)O. The number of nitrogens with zero attached hydrogens (tertiary/aromatic N) is 1. The van der Waals surface area contributed by atoms with E-state index in [9.17, 15) is 19.5 Å². The number of allylic oxidation sites excluding steroid dienone is 16. The van der Waals surface area contributed by atoms with Crippen molar-refractivity contribution in [2.24, 2.45) is 0 Å². The number of esters is 2. The molecule has 0 saturated heterocycles. The van der Waals surface area contributed by atoms with E-state index in [4.69, 9.17) is 18.9 Å². The van der Waals surface area contributed by atoms with Crippen molar-refractivity contribution in [3.8, 4) is 0 Å². The Morgan fingerprint density at radius 2 is 0.613 bits per heavy atom. The number of rotatable bonds is 73. The maximum absolute atomic E-state index is 12.9. The van der Waals surface area contributed by atoms with Crippen molar-refractivity contribution in [3.05, 3.63) is 97.2 Å². The Morgan fingerprint density at radius 3 is 0.914 bits per heavy atom. The fraction of sp³-hybridized carbons (Fsp3) is 0.774. The first-order valence-electron chi connectivity index (χ1n) is 39.4. The highest BCUT2D eigenvalue weighted by atomic mass is 16.7. The second kappa shape index (κ2) is 74.0. The van der Waals surface area contributed by atoms with Crippen LogP contribution in [-0.2, 0) is 33.3 Å². The van der Waals surface area contributed by atoms with E-state index in [-0.39, 0.29) is 32.2 Å². The summed E-state index contributed by atoms with van der Waals surface area (Å²) >= 11 is 0. The number of quaternary nitrogens is 1. The van der Waals surface area contributed by atoms with Gasteiger partial charge in [0.05, 0.1) is 34.4 Å². The van der Waals surface area contributed by atoms with Gasteiger partial charge in [0.2, 0.25) is 0 Å². The van der Waals surface area contributed by atoms with Crippen molar-refractivity contribution >= 4 is 17.9 Å². The zero-order chi connectivity index (χ0) is 67.5. The van der Waals surface area contributed by atoms with Crippen LogP contribution in [0.4, 0.5) is 0 Å². The fourth-order valence-electron chi connectivity index (χ4n) is 11.4. The lowest BCUT2D eigenvalue weighted by Crippen LogP contribution is -2.40. The van der Waals surface area contributed by atoms with Gasteiger partial charge in [-0.15, -0.1) is 0 Å². The Kier molecular flexibility index (Phi) is 71.0. The van der Waals surface area contributed by atoms with Gasteiger partial charge in [-0.3, -0.25) is 9.59 Å². The molecule has 538 valence electrons. The van der Waals surface area contributed by atoms with E-state index >= 15 is 0 Å². The van der Waals surface area contributed by atoms with E-state index in [1.807, 2.05) is 21.1 Å². The second-order valence-corrected chi connectivity index (χ2v) is 27.7. The number of carbonyl (C=O) groups is 3. The van der Waals surface area contributed by atoms with E-state index in [0.717, 1.165) is 83.5 Å². The summed E-state index contributed by atoms with van der Waals surface area (Å²) in [7, 11) is 5.96. The largest absolute Gasteiger partial charge is 0.477 e. The van der Waals surface area contributed by atoms with E-state index in [2.05, 4.69) is 111 Å². The molecule has 1 N–H and O–H groups in total. The van der Waals surface area contributed by atoms with Gasteiger partial charge >= 0.3 is 17.9 Å². The Labute approximate surface area is 575 Å². The number of hydrogen-bond donors (Lipinski definition) is 1. The lowest BCUT2D eigenvalue weighted by atomic mass is 10.0. The molecular formula is C84H150NO8+. The molecule has 0 aromatic carbocycles. The summed E-state index contributed by atoms with van der Waals surface area (Å²) < 4.78 is 22.9. The third-order valence-electron chi connectivity index (χ3n) is 17.4. The van der Waals surface area contributed by atoms with Crippen molar-refractivity contribution < 1.29 is 42.9 Å². The normalized spacial score (nSPS) is 13.2. The van der Waals surface area contributed by atoms with Crippen LogP contribution in [0.2, 0.25) is 0 Å². The minimum Gasteiger partial charge on any atom is -0.477 e. The fourth-order valence-corrected chi connectivity index (χ4v) is 11.4. The van der Waals surface area contributed by atoms with Crippen LogP contribution in [0.25, 0.3) is 0 Å². The van der Waals surface area contributed by atoms with Crippen LogP contribution < -0.4 is 0 Å². The van der Waals surface area contributed by atoms with Gasteiger partial charge in [-0.05, 0) is 77.0 Å². The molecule has 0 aliphatic rings. The number of hydrogen-bond acceptors (Lipinski definition) is 7. The van der Waals surface area contributed by atoms with Gasteiger partial charge in [0.25, 0.3) is 6.29 Å². The Bertz CT molecular complexity index is 1850. The average Bonchev–Trinajstić information content (AvgIpc) is 3.38. The molecule has 93 heavy (non-hydrogen) atoms. The Balaban J connectivity index is 4.02. The van der Waals surface area contributed by atoms with Crippen LogP contribution in [0.3, 0.4) is 0 Å². The third-order valence-corrected chi connectivity index (χ3v) is 17.4. The van der Waals surface area contributed by atoms with Crippen molar-refractivity contribution in [1.29, 1.82) is 0 Å². The minimum absolute atomic E-state index is 0.175. The van der Waals surface area contributed by atoms with Gasteiger partial charge in [0, 0.05) is 12.8 Å². The molecule has 0 aliphatic carbocycles. The number of aliphatic carboxylic acids is 1. The monoisotopic (exact) mass is 1300 g/mol. The second-order valence-electron chi connectivity index (χ2n) is 27.7. The van der Waals surface area contributed by atoms with E-state index in [1.165, 1.54) is 244 Å². The predicted molar refractivity (Wildman–Crippen MR) is 401 cm³/mol. The molecule has 2 atom stereocenters. The van der Waals surface area contributed by atoms with Crippen LogP contribution in [0.1, 0.15) is 361 Å². The zero-order valence-electron chi connectivity index (χ0n) is 61.7. The first-order valence-corrected chi connectivity index (χ1v) is 39.4. The number of ether oxygens (including phenoxy) is 4. The highest BCUT2D eigenvalue weighted by Crippen LogP contribution is 2.19. The molecule has 0 saturated carbocycles. The molecule has 0 bridgehead atoms. The van der Waals surface area contributed by atoms with Crippen LogP contribution in [0.5, 0.6) is 0 Å². The number of likely N-dealkylation sites (N-methyl/N-ethyl adjacent to an activating group) is 1. The van der Waals surface area contributed by atoms with Gasteiger partial charge in [-0.1, -0.05) is 368 Å². The quantitative estimate of drug-likeness (QED) is 0.0211. The van der Waals surface area contributed by atoms with Crippen LogP contribution in [0, 0.1) is 0 Å². The van der Waals surface area contributed by atoms with Gasteiger partial charge in [0.1, 0.15) is 13.2 Å². The van der Waals surface area contributed by atoms with E-state index < -0.39 is 24.3 Å². The molecule has 0 rings (SSSR count). The number of carbonyl (C=O) groups excluding carboxylic acids is 2. The molecule has 0 aromatic rings. The minimum atomic E-state index is -1.53. The molecule has 2 unspecified atom stereocenters. The third kappa shape index (κ3) is 75.5. The zero-order valence-corrected chi connectivity index (χ0v) is 61.7. The highest BCUT2D eigenvalue weighted by Gasteiger charge is 2.25. The molecule has 0 heterocycles. The van der Waals surface area contributed by atoms with Gasteiger partial charge in [-0.2, -0.15) is 0 Å². The van der Waals surface area contributed by atoms with E-state index in [0.29, 0.717) is 23.9 Å². The maximum atomic E-state index is 12.9. The standard InChI is InChI=1S/C84H149NO8/c1-6-8-10-12-14-16-18-20-22-24-26-28-30-32-34-35-36-37-38-39-40-41-42-43-44-45-46-47-49-50-52-54-56-58-60-62-64-66-68-70-72-74-81(86)91-78-80(79-92-84(83(88)89)90-77-76-85(3,4)5)93-82(87)75-73-71-69-67-65-63-61-59-57-55-53-51-48-33-31-29-27-25-23-21-19-17-15-13-11-9-7-2/h9,11,15,17,21,23,27,29,33,48,53,55,59,61,65,67,80,84H,6-8,10,12-14,16,18-20,22,24-26,28,30-32,34-47,49-52,54,56-58,60,62-64,66,68-79H2,1-5H3/p+1/b11-9-,17-15-,23-21-,29-27-,48-33-,55-53-,61-59-,67-65-. The summed E-state index contributed by atoms with van der Waals surface area (Å²) in [6.45, 7) is 4.75.